The summed E-state index contributed by atoms with van der Waals surface area (Å²) in [6.07, 6.45) is -0.911. The lowest BCUT2D eigenvalue weighted by atomic mass is 10.3. The zero-order chi connectivity index (χ0) is 24.3. The predicted molar refractivity (Wildman–Crippen MR) is 108 cm³/mol. The molecule has 0 saturated carbocycles. The third kappa shape index (κ3) is 10.0. The van der Waals surface area contributed by atoms with Crippen LogP contribution >= 0.6 is 7.60 Å². The van der Waals surface area contributed by atoms with Crippen molar-refractivity contribution < 1.29 is 46.2 Å². The highest BCUT2D eigenvalue weighted by Crippen LogP contribution is 2.43. The number of hydrogen-bond acceptors (Lipinski definition) is 9. The Hall–Kier alpha value is -2.32. The summed E-state index contributed by atoms with van der Waals surface area (Å²) in [7, 11) is -4.55. The van der Waals surface area contributed by atoms with Crippen LogP contribution in [0.25, 0.3) is 11.2 Å². The highest BCUT2D eigenvalue weighted by atomic mass is 31.2. The average Bonchev–Trinajstić information content (AvgIpc) is 3.16. The summed E-state index contributed by atoms with van der Waals surface area (Å²) >= 11 is 0. The first kappa shape index (κ1) is 26.9. The highest BCUT2D eigenvalue weighted by molar-refractivity contribution is 7.52. The van der Waals surface area contributed by atoms with Crippen LogP contribution in [0.2, 0.25) is 0 Å². The third-order valence-corrected chi connectivity index (χ3v) is 4.97. The topological polar surface area (TPSA) is 147 Å². The summed E-state index contributed by atoms with van der Waals surface area (Å²) in [6.45, 7) is 0.348. The summed E-state index contributed by atoms with van der Waals surface area (Å²) in [5, 5.41) is 2.52. The van der Waals surface area contributed by atoms with Crippen LogP contribution < -0.4 is 5.32 Å². The molecule has 0 aromatic carbocycles. The Morgan fingerprint density at radius 3 is 2.73 bits per heavy atom. The van der Waals surface area contributed by atoms with Crippen molar-refractivity contribution in [3.8, 4) is 0 Å². The van der Waals surface area contributed by atoms with Crippen molar-refractivity contribution in [2.24, 2.45) is 0 Å². The van der Waals surface area contributed by atoms with Crippen LogP contribution in [0, 0.1) is 0 Å². The first-order chi connectivity index (χ1) is 15.6. The van der Waals surface area contributed by atoms with Gasteiger partial charge >= 0.3 is 19.9 Å². The van der Waals surface area contributed by atoms with Gasteiger partial charge in [0.05, 0.1) is 19.5 Å². The molecule has 0 spiro atoms. The fraction of sp³-hybridized carbons (Fsp3) is 0.647. The van der Waals surface area contributed by atoms with Crippen molar-refractivity contribution in [3.63, 3.8) is 0 Å². The number of aromatic nitrogens is 4. The second-order valence-electron chi connectivity index (χ2n) is 6.69. The normalized spacial score (nSPS) is 13.7. The maximum atomic E-state index is 12.0. The summed E-state index contributed by atoms with van der Waals surface area (Å²) in [5.41, 5.74) is 0.749. The molecule has 0 fully saturated rings. The van der Waals surface area contributed by atoms with Gasteiger partial charge in [0.15, 0.2) is 29.9 Å². The molecule has 1 atom stereocenters. The number of anilines is 1. The number of halogens is 3. The van der Waals surface area contributed by atoms with E-state index in [0.717, 1.165) is 19.3 Å². The Kier molecular flexibility index (Phi) is 10.4. The molecule has 1 amide bonds. The number of amides is 1. The van der Waals surface area contributed by atoms with Crippen molar-refractivity contribution in [3.05, 3.63) is 12.7 Å². The minimum Gasteiger partial charge on any atom is -0.449 e. The second-order valence-corrected chi connectivity index (χ2v) is 8.48. The van der Waals surface area contributed by atoms with Crippen LogP contribution in [0.15, 0.2) is 12.7 Å². The van der Waals surface area contributed by atoms with Gasteiger partial charge in [-0.2, -0.15) is 13.2 Å². The number of hydrogen-bond donors (Lipinski definition) is 2. The lowest BCUT2D eigenvalue weighted by molar-refractivity contribution is -0.155. The van der Waals surface area contributed by atoms with E-state index < -0.39 is 39.6 Å². The molecule has 33 heavy (non-hydrogen) atoms. The van der Waals surface area contributed by atoms with E-state index in [0.29, 0.717) is 17.8 Å². The molecule has 0 saturated heterocycles. The zero-order valence-corrected chi connectivity index (χ0v) is 18.7. The molecule has 2 rings (SSSR count). The van der Waals surface area contributed by atoms with Gasteiger partial charge in [-0.1, -0.05) is 19.8 Å². The Labute approximate surface area is 186 Å². The quantitative estimate of drug-likeness (QED) is 0.225. The number of nitrogens with zero attached hydrogens (tertiary/aromatic N) is 4. The number of carbonyl (C=O) groups excluding carboxylic acids is 1. The number of alkyl halides is 3. The number of imidazole rings is 1. The fourth-order valence-corrected chi connectivity index (χ4v) is 3.16. The van der Waals surface area contributed by atoms with E-state index in [9.17, 15) is 27.4 Å². The molecule has 2 aromatic rings. The van der Waals surface area contributed by atoms with Gasteiger partial charge in [-0.05, 0) is 6.42 Å². The van der Waals surface area contributed by atoms with Gasteiger partial charge < -0.3 is 23.7 Å². The predicted octanol–water partition coefficient (Wildman–Crippen LogP) is 3.28. The fourth-order valence-electron chi connectivity index (χ4n) is 2.43. The second kappa shape index (κ2) is 12.8. The van der Waals surface area contributed by atoms with E-state index in [1.165, 1.54) is 12.7 Å². The molecule has 0 aliphatic heterocycles. The molecular weight excluding hydrogens is 474 g/mol. The smallest absolute Gasteiger partial charge is 0.412 e. The van der Waals surface area contributed by atoms with Crippen LogP contribution in [0.4, 0.5) is 23.8 Å². The minimum atomic E-state index is -4.73. The van der Waals surface area contributed by atoms with Gasteiger partial charge in [0, 0.05) is 6.54 Å². The van der Waals surface area contributed by atoms with Gasteiger partial charge in [-0.25, -0.2) is 19.7 Å². The third-order valence-electron chi connectivity index (χ3n) is 3.93. The average molecular weight is 499 g/mol. The molecule has 0 aliphatic carbocycles. The molecule has 2 heterocycles. The molecule has 16 heteroatoms. The highest BCUT2D eigenvalue weighted by Gasteiger charge is 2.32. The molecule has 0 bridgehead atoms. The summed E-state index contributed by atoms with van der Waals surface area (Å²) in [4.78, 5) is 33.4. The Morgan fingerprint density at radius 2 is 2.00 bits per heavy atom. The number of carbonyl (C=O) groups is 1. The minimum absolute atomic E-state index is 0.0663. The standard InChI is InChI=1S/C17H25F3N5O7P/c1-2-3-4-6-31-16(26)24-14-13-15(22-9-21-14)25(10-23-13)5-7-29-11-30-12-33(27,28)32-8-17(18,19)20/h9-10H,2-8,11-12H2,1H3,(H,27,28)(H,21,22,24,26). The van der Waals surface area contributed by atoms with Crippen molar-refractivity contribution in [2.45, 2.75) is 38.9 Å². The maximum absolute atomic E-state index is 12.0. The Bertz CT molecular complexity index is 943. The first-order valence-electron chi connectivity index (χ1n) is 9.89. The summed E-state index contributed by atoms with van der Waals surface area (Å²) in [5.74, 6) is 0.182. The molecule has 1 unspecified atom stereocenters. The number of rotatable bonds is 14. The maximum Gasteiger partial charge on any atom is 0.412 e. The van der Waals surface area contributed by atoms with Crippen molar-refractivity contribution in [1.82, 2.24) is 19.5 Å². The number of nitrogens with one attached hydrogen (secondary N) is 1. The molecule has 12 nitrogen and oxygen atoms in total. The van der Waals surface area contributed by atoms with Crippen LogP contribution in [-0.2, 0) is 29.8 Å². The van der Waals surface area contributed by atoms with Gasteiger partial charge in [-0.15, -0.1) is 0 Å². The van der Waals surface area contributed by atoms with Gasteiger partial charge in [-0.3, -0.25) is 14.4 Å². The summed E-state index contributed by atoms with van der Waals surface area (Å²) < 4.78 is 68.0. The van der Waals surface area contributed by atoms with E-state index >= 15 is 0 Å². The van der Waals surface area contributed by atoms with E-state index in [2.05, 4.69) is 24.8 Å². The van der Waals surface area contributed by atoms with Gasteiger partial charge in [0.2, 0.25) is 0 Å². The summed E-state index contributed by atoms with van der Waals surface area (Å²) in [6, 6.07) is 0. The molecule has 2 N–H and O–H groups in total. The SMILES string of the molecule is CCCCCOC(=O)Nc1ncnc2c1ncn2CCOCOCP(=O)(O)OCC(F)(F)F. The van der Waals surface area contributed by atoms with Crippen LogP contribution in [0.5, 0.6) is 0 Å². The van der Waals surface area contributed by atoms with Crippen molar-refractivity contribution in [2.75, 3.05) is 38.3 Å². The molecular formula is C17H25F3N5O7P. The number of fused-ring (bicyclic) bond motifs is 1. The zero-order valence-electron chi connectivity index (χ0n) is 17.8. The van der Waals surface area contributed by atoms with Crippen molar-refractivity contribution >= 4 is 30.7 Å². The monoisotopic (exact) mass is 499 g/mol. The molecule has 2 aromatic heterocycles. The lowest BCUT2D eigenvalue weighted by Crippen LogP contribution is -2.17. The molecule has 186 valence electrons. The number of ether oxygens (including phenoxy) is 3. The van der Waals surface area contributed by atoms with Crippen LogP contribution in [0.1, 0.15) is 26.2 Å². The lowest BCUT2D eigenvalue weighted by Gasteiger charge is -2.14. The van der Waals surface area contributed by atoms with Crippen LogP contribution in [0.3, 0.4) is 0 Å². The van der Waals surface area contributed by atoms with E-state index in [4.69, 9.17) is 14.2 Å². The largest absolute Gasteiger partial charge is 0.449 e. The van der Waals surface area contributed by atoms with E-state index in [1.54, 1.807) is 4.57 Å². The van der Waals surface area contributed by atoms with E-state index in [1.807, 2.05) is 6.92 Å². The molecule has 0 radical (unpaired) electrons. The Morgan fingerprint density at radius 1 is 1.21 bits per heavy atom. The Balaban J connectivity index is 1.76. The number of unbranched alkanes of at least 4 members (excludes halogenated alkanes) is 2. The van der Waals surface area contributed by atoms with Gasteiger partial charge in [0.1, 0.15) is 13.1 Å². The van der Waals surface area contributed by atoms with Crippen LogP contribution in [-0.4, -0.2) is 69.6 Å². The van der Waals surface area contributed by atoms with Gasteiger partial charge in [0.25, 0.3) is 0 Å². The van der Waals surface area contributed by atoms with Crippen molar-refractivity contribution in [1.29, 1.82) is 0 Å². The molecule has 0 aliphatic rings. The first-order valence-corrected chi connectivity index (χ1v) is 11.7. The van der Waals surface area contributed by atoms with E-state index in [-0.39, 0.29) is 19.0 Å².